The normalized spacial score (nSPS) is 11.9. The molecular formula is C18H22N6O3. The Morgan fingerprint density at radius 1 is 1.22 bits per heavy atom. The van der Waals surface area contributed by atoms with Gasteiger partial charge in [0.15, 0.2) is 11.2 Å². The van der Waals surface area contributed by atoms with Crippen LogP contribution in [0.3, 0.4) is 0 Å². The number of benzene rings is 1. The number of nitrogens with one attached hydrogen (secondary N) is 1. The van der Waals surface area contributed by atoms with E-state index in [0.29, 0.717) is 34.9 Å². The van der Waals surface area contributed by atoms with E-state index in [0.717, 1.165) is 11.0 Å². The Hall–Kier alpha value is -3.36. The van der Waals surface area contributed by atoms with E-state index in [-0.39, 0.29) is 5.75 Å². The summed E-state index contributed by atoms with van der Waals surface area (Å²) >= 11 is 0. The van der Waals surface area contributed by atoms with E-state index in [1.165, 1.54) is 11.6 Å². The first-order valence-electron chi connectivity index (χ1n) is 8.61. The zero-order valence-electron chi connectivity index (χ0n) is 15.7. The number of aromatic hydroxyl groups is 1. The van der Waals surface area contributed by atoms with E-state index >= 15 is 0 Å². The highest BCUT2D eigenvalue weighted by Crippen LogP contribution is 2.19. The lowest BCUT2D eigenvalue weighted by atomic mass is 10.1. The van der Waals surface area contributed by atoms with Gasteiger partial charge in [-0.2, -0.15) is 10.1 Å². The van der Waals surface area contributed by atoms with Gasteiger partial charge in [-0.25, -0.2) is 10.2 Å². The highest BCUT2D eigenvalue weighted by atomic mass is 16.3. The van der Waals surface area contributed by atoms with Crippen LogP contribution < -0.4 is 16.7 Å². The molecule has 0 aliphatic heterocycles. The number of phenolic OH excluding ortho intramolecular Hbond substituents is 1. The molecular weight excluding hydrogens is 348 g/mol. The summed E-state index contributed by atoms with van der Waals surface area (Å²) in [4.78, 5) is 29.2. The van der Waals surface area contributed by atoms with Gasteiger partial charge >= 0.3 is 5.69 Å². The second-order valence-electron chi connectivity index (χ2n) is 6.29. The van der Waals surface area contributed by atoms with E-state index in [2.05, 4.69) is 15.5 Å². The topological polar surface area (TPSA) is 106 Å². The Morgan fingerprint density at radius 2 is 1.93 bits per heavy atom. The molecule has 0 saturated carbocycles. The maximum atomic E-state index is 12.6. The summed E-state index contributed by atoms with van der Waals surface area (Å²) in [5.74, 6) is 0.485. The zero-order chi connectivity index (χ0) is 19.7. The molecule has 0 atom stereocenters. The van der Waals surface area contributed by atoms with Gasteiger partial charge in [-0.05, 0) is 25.5 Å². The van der Waals surface area contributed by atoms with Crippen molar-refractivity contribution in [3.8, 4) is 5.75 Å². The number of rotatable bonds is 5. The summed E-state index contributed by atoms with van der Waals surface area (Å²) < 4.78 is 4.13. The SMILES string of the molecule is CCCn1c(N/N=C(/C)c2ccccc2O)nc2c1c(=O)n(C)c(=O)n2C. The first-order chi connectivity index (χ1) is 12.9. The molecule has 0 aliphatic carbocycles. The predicted molar refractivity (Wildman–Crippen MR) is 104 cm³/mol. The van der Waals surface area contributed by atoms with Crippen molar-refractivity contribution in [3.05, 3.63) is 50.7 Å². The van der Waals surface area contributed by atoms with Crippen LogP contribution in [0.4, 0.5) is 5.95 Å². The molecule has 0 saturated heterocycles. The molecule has 0 bridgehead atoms. The van der Waals surface area contributed by atoms with Crippen LogP contribution in [0.5, 0.6) is 5.75 Å². The summed E-state index contributed by atoms with van der Waals surface area (Å²) in [5.41, 5.74) is 3.83. The highest BCUT2D eigenvalue weighted by Gasteiger charge is 2.18. The van der Waals surface area contributed by atoms with E-state index in [4.69, 9.17) is 0 Å². The smallest absolute Gasteiger partial charge is 0.332 e. The monoisotopic (exact) mass is 370 g/mol. The molecule has 27 heavy (non-hydrogen) atoms. The fourth-order valence-corrected chi connectivity index (χ4v) is 2.95. The summed E-state index contributed by atoms with van der Waals surface area (Å²) in [6.45, 7) is 4.28. The van der Waals surface area contributed by atoms with E-state index in [1.54, 1.807) is 42.8 Å². The van der Waals surface area contributed by atoms with Crippen molar-refractivity contribution in [2.75, 3.05) is 5.43 Å². The Bertz CT molecular complexity index is 1150. The van der Waals surface area contributed by atoms with Crippen LogP contribution in [0.2, 0.25) is 0 Å². The summed E-state index contributed by atoms with van der Waals surface area (Å²) in [7, 11) is 3.02. The molecule has 0 aliphatic rings. The standard InChI is InChI=1S/C18H22N6O3/c1-5-10-24-14-15(22(3)18(27)23(4)16(14)26)19-17(24)21-20-11(2)12-8-6-7-9-13(12)25/h6-9,25H,5,10H2,1-4H3,(H,19,21)/b20-11-. The quantitative estimate of drug-likeness (QED) is 0.521. The minimum Gasteiger partial charge on any atom is -0.507 e. The zero-order valence-corrected chi connectivity index (χ0v) is 15.7. The number of para-hydroxylation sites is 1. The minimum atomic E-state index is -0.436. The van der Waals surface area contributed by atoms with Crippen LogP contribution >= 0.6 is 0 Å². The van der Waals surface area contributed by atoms with Gasteiger partial charge in [-0.15, -0.1) is 0 Å². The van der Waals surface area contributed by atoms with Gasteiger partial charge in [0.2, 0.25) is 5.95 Å². The lowest BCUT2D eigenvalue weighted by Crippen LogP contribution is -2.37. The van der Waals surface area contributed by atoms with Crippen molar-refractivity contribution >= 4 is 22.8 Å². The van der Waals surface area contributed by atoms with Crippen LogP contribution in [0, 0.1) is 0 Å². The average molecular weight is 370 g/mol. The molecule has 0 radical (unpaired) electrons. The van der Waals surface area contributed by atoms with Gasteiger partial charge in [0.25, 0.3) is 5.56 Å². The third kappa shape index (κ3) is 3.12. The lowest BCUT2D eigenvalue weighted by molar-refractivity contribution is 0.474. The fourth-order valence-electron chi connectivity index (χ4n) is 2.95. The van der Waals surface area contributed by atoms with Crippen molar-refractivity contribution < 1.29 is 5.11 Å². The number of hydrogen-bond acceptors (Lipinski definition) is 6. The van der Waals surface area contributed by atoms with E-state index in [9.17, 15) is 14.7 Å². The summed E-state index contributed by atoms with van der Waals surface area (Å²) in [5, 5.41) is 14.2. The first kappa shape index (κ1) is 18.4. The van der Waals surface area contributed by atoms with E-state index < -0.39 is 11.2 Å². The second-order valence-corrected chi connectivity index (χ2v) is 6.29. The van der Waals surface area contributed by atoms with Crippen LogP contribution in [-0.4, -0.2) is 29.5 Å². The van der Waals surface area contributed by atoms with E-state index in [1.807, 2.05) is 6.92 Å². The largest absolute Gasteiger partial charge is 0.507 e. The Kier molecular flexibility index (Phi) is 4.85. The van der Waals surface area contributed by atoms with Gasteiger partial charge < -0.3 is 9.67 Å². The molecule has 0 fully saturated rings. The molecule has 142 valence electrons. The maximum absolute atomic E-state index is 12.6. The predicted octanol–water partition coefficient (Wildman–Crippen LogP) is 1.39. The number of hydrazone groups is 1. The van der Waals surface area contributed by atoms with Crippen LogP contribution in [0.15, 0.2) is 39.0 Å². The first-order valence-corrected chi connectivity index (χ1v) is 8.61. The molecule has 2 heterocycles. The molecule has 0 unspecified atom stereocenters. The molecule has 9 nitrogen and oxygen atoms in total. The van der Waals surface area contributed by atoms with Crippen LogP contribution in [0.25, 0.3) is 11.2 Å². The van der Waals surface area contributed by atoms with Gasteiger partial charge in [0.1, 0.15) is 5.75 Å². The average Bonchev–Trinajstić information content (AvgIpc) is 3.02. The molecule has 0 spiro atoms. The maximum Gasteiger partial charge on any atom is 0.332 e. The summed E-state index contributed by atoms with van der Waals surface area (Å²) in [6.07, 6.45) is 0.772. The second kappa shape index (κ2) is 7.10. The number of nitrogens with zero attached hydrogens (tertiary/aromatic N) is 5. The fraction of sp³-hybridized carbons (Fsp3) is 0.333. The lowest BCUT2D eigenvalue weighted by Gasteiger charge is -2.08. The van der Waals surface area contributed by atoms with Crippen molar-refractivity contribution in [2.45, 2.75) is 26.8 Å². The van der Waals surface area contributed by atoms with Gasteiger partial charge in [0.05, 0.1) is 5.71 Å². The molecule has 2 aromatic heterocycles. The number of aromatic nitrogens is 4. The van der Waals surface area contributed by atoms with Crippen molar-refractivity contribution in [1.29, 1.82) is 0 Å². The third-order valence-electron chi connectivity index (χ3n) is 4.41. The van der Waals surface area contributed by atoms with Crippen molar-refractivity contribution in [2.24, 2.45) is 19.2 Å². The number of aryl methyl sites for hydroxylation is 2. The minimum absolute atomic E-state index is 0.124. The molecule has 0 amide bonds. The molecule has 2 N–H and O–H groups in total. The molecule has 3 rings (SSSR count). The Labute approximate surface area is 155 Å². The van der Waals surface area contributed by atoms with Crippen molar-refractivity contribution in [3.63, 3.8) is 0 Å². The number of imidazole rings is 1. The van der Waals surface area contributed by atoms with Gasteiger partial charge in [0, 0.05) is 26.2 Å². The number of phenols is 1. The number of anilines is 1. The molecule has 9 heteroatoms. The Morgan fingerprint density at radius 3 is 2.59 bits per heavy atom. The number of fused-ring (bicyclic) bond motifs is 1. The van der Waals surface area contributed by atoms with Crippen LogP contribution in [0.1, 0.15) is 25.8 Å². The van der Waals surface area contributed by atoms with Gasteiger partial charge in [-0.1, -0.05) is 19.1 Å². The Balaban J connectivity index is 2.13. The molecule has 1 aromatic carbocycles. The van der Waals surface area contributed by atoms with Crippen molar-refractivity contribution in [1.82, 2.24) is 18.7 Å². The summed E-state index contributed by atoms with van der Waals surface area (Å²) in [6, 6.07) is 6.88. The highest BCUT2D eigenvalue weighted by molar-refractivity contribution is 6.01. The van der Waals surface area contributed by atoms with Crippen LogP contribution in [-0.2, 0) is 20.6 Å². The number of hydrogen-bond donors (Lipinski definition) is 2. The molecule has 3 aromatic rings. The third-order valence-corrected chi connectivity index (χ3v) is 4.41. The van der Waals surface area contributed by atoms with Gasteiger partial charge in [-0.3, -0.25) is 13.9 Å².